The molecule has 1 aliphatic heterocycles. The summed E-state index contributed by atoms with van der Waals surface area (Å²) in [7, 11) is 1.65. The van der Waals surface area contributed by atoms with Gasteiger partial charge in [0.1, 0.15) is 17.2 Å². The summed E-state index contributed by atoms with van der Waals surface area (Å²) >= 11 is 0. The van der Waals surface area contributed by atoms with Gasteiger partial charge in [0.05, 0.1) is 12.7 Å². The molecule has 1 saturated carbocycles. The first kappa shape index (κ1) is 18.5. The molecule has 0 unspecified atom stereocenters. The maximum Gasteiger partial charge on any atom is 0.140 e. The van der Waals surface area contributed by atoms with E-state index in [0.717, 1.165) is 54.6 Å². The molecular formula is C22H30N2O3. The van der Waals surface area contributed by atoms with Gasteiger partial charge in [0.15, 0.2) is 0 Å². The second kappa shape index (κ2) is 8.03. The van der Waals surface area contributed by atoms with Crippen molar-refractivity contribution in [3.8, 4) is 17.0 Å². The summed E-state index contributed by atoms with van der Waals surface area (Å²) in [5.41, 5.74) is 1.06. The quantitative estimate of drug-likeness (QED) is 0.835. The Morgan fingerprint density at radius 1 is 1.22 bits per heavy atom. The van der Waals surface area contributed by atoms with Gasteiger partial charge in [0, 0.05) is 37.7 Å². The van der Waals surface area contributed by atoms with Gasteiger partial charge in [0.25, 0.3) is 0 Å². The Hall–Kier alpha value is -1.85. The van der Waals surface area contributed by atoms with Crippen molar-refractivity contribution >= 4 is 0 Å². The Balaban J connectivity index is 1.34. The zero-order chi connectivity index (χ0) is 18.7. The highest BCUT2D eigenvalue weighted by Gasteiger charge is 2.34. The number of rotatable bonds is 6. The maximum atomic E-state index is 11.0. The highest BCUT2D eigenvalue weighted by molar-refractivity contribution is 5.60. The number of likely N-dealkylation sites (tertiary alicyclic amines) is 1. The molecule has 1 N–H and O–H groups in total. The highest BCUT2D eigenvalue weighted by atomic mass is 16.5. The number of aliphatic hydroxyl groups is 1. The molecule has 2 aromatic rings. The number of benzene rings is 1. The van der Waals surface area contributed by atoms with Crippen molar-refractivity contribution < 1.29 is 14.4 Å². The summed E-state index contributed by atoms with van der Waals surface area (Å²) in [6.45, 7) is 3.16. The number of hydrogen-bond acceptors (Lipinski definition) is 5. The molecule has 5 heteroatoms. The molecule has 27 heavy (non-hydrogen) atoms. The maximum absolute atomic E-state index is 11.0. The smallest absolute Gasteiger partial charge is 0.140 e. The van der Waals surface area contributed by atoms with E-state index >= 15 is 0 Å². The van der Waals surface area contributed by atoms with E-state index in [9.17, 15) is 5.11 Å². The second-order valence-corrected chi connectivity index (χ2v) is 8.26. The number of piperidine rings is 1. The van der Waals surface area contributed by atoms with Crippen molar-refractivity contribution in [2.45, 2.75) is 50.5 Å². The molecule has 2 aliphatic rings. The number of nitrogens with zero attached hydrogens (tertiary/aromatic N) is 2. The third-order valence-electron chi connectivity index (χ3n) is 6.21. The molecule has 0 bridgehead atoms. The van der Waals surface area contributed by atoms with Crippen LogP contribution in [0, 0.1) is 5.92 Å². The Bertz CT molecular complexity index is 744. The summed E-state index contributed by atoms with van der Waals surface area (Å²) in [4.78, 5) is 2.53. The van der Waals surface area contributed by atoms with Gasteiger partial charge >= 0.3 is 0 Å². The first-order valence-electron chi connectivity index (χ1n) is 10.2. The van der Waals surface area contributed by atoms with Crippen LogP contribution in [0.15, 0.2) is 34.9 Å². The topological polar surface area (TPSA) is 58.7 Å². The molecule has 5 nitrogen and oxygen atoms in total. The van der Waals surface area contributed by atoms with Crippen molar-refractivity contribution in [3.63, 3.8) is 0 Å². The van der Waals surface area contributed by atoms with E-state index in [1.807, 2.05) is 30.3 Å². The van der Waals surface area contributed by atoms with Crippen LogP contribution < -0.4 is 4.74 Å². The monoisotopic (exact) mass is 370 g/mol. The van der Waals surface area contributed by atoms with E-state index in [4.69, 9.17) is 9.26 Å². The molecule has 0 atom stereocenters. The SMILES string of the molecule is COc1cccc(-c2cc(CC3(O)CCN(CC4CCCC4)CC3)on2)c1. The number of methoxy groups -OCH3 is 1. The van der Waals surface area contributed by atoms with E-state index in [-0.39, 0.29) is 0 Å². The van der Waals surface area contributed by atoms with Crippen LogP contribution >= 0.6 is 0 Å². The van der Waals surface area contributed by atoms with Crippen LogP contribution in [0.5, 0.6) is 5.75 Å². The number of ether oxygens (including phenoxy) is 1. The minimum Gasteiger partial charge on any atom is -0.497 e. The molecule has 0 spiro atoms. The van der Waals surface area contributed by atoms with Crippen molar-refractivity contribution in [2.24, 2.45) is 5.92 Å². The fourth-order valence-electron chi connectivity index (χ4n) is 4.53. The predicted molar refractivity (Wildman–Crippen MR) is 105 cm³/mol. The number of hydrogen-bond donors (Lipinski definition) is 1. The lowest BCUT2D eigenvalue weighted by molar-refractivity contribution is -0.0274. The van der Waals surface area contributed by atoms with Gasteiger partial charge in [-0.3, -0.25) is 0 Å². The summed E-state index contributed by atoms with van der Waals surface area (Å²) in [6.07, 6.45) is 7.68. The largest absolute Gasteiger partial charge is 0.497 e. The third kappa shape index (κ3) is 4.53. The van der Waals surface area contributed by atoms with Crippen LogP contribution in [-0.2, 0) is 6.42 Å². The van der Waals surface area contributed by atoms with Gasteiger partial charge in [0.2, 0.25) is 0 Å². The lowest BCUT2D eigenvalue weighted by atomic mass is 9.86. The minimum atomic E-state index is -0.683. The molecule has 146 valence electrons. The van der Waals surface area contributed by atoms with Crippen LogP contribution in [0.25, 0.3) is 11.3 Å². The van der Waals surface area contributed by atoms with E-state index < -0.39 is 5.60 Å². The first-order chi connectivity index (χ1) is 13.1. The molecular weight excluding hydrogens is 340 g/mol. The first-order valence-corrected chi connectivity index (χ1v) is 10.2. The predicted octanol–water partition coefficient (Wildman–Crippen LogP) is 3.91. The molecule has 2 fully saturated rings. The van der Waals surface area contributed by atoms with Crippen LogP contribution in [0.1, 0.15) is 44.3 Å². The molecule has 1 aromatic heterocycles. The average molecular weight is 370 g/mol. The zero-order valence-electron chi connectivity index (χ0n) is 16.2. The summed E-state index contributed by atoms with van der Waals surface area (Å²) < 4.78 is 10.8. The van der Waals surface area contributed by atoms with Crippen LogP contribution in [0.3, 0.4) is 0 Å². The van der Waals surface area contributed by atoms with Crippen molar-refractivity contribution in [3.05, 3.63) is 36.1 Å². The zero-order valence-corrected chi connectivity index (χ0v) is 16.2. The van der Waals surface area contributed by atoms with E-state index in [2.05, 4.69) is 10.1 Å². The molecule has 0 radical (unpaired) electrons. The van der Waals surface area contributed by atoms with Gasteiger partial charge in [-0.05, 0) is 43.7 Å². The fraction of sp³-hybridized carbons (Fsp3) is 0.591. The Morgan fingerprint density at radius 2 is 2.00 bits per heavy atom. The molecule has 1 aromatic carbocycles. The van der Waals surface area contributed by atoms with E-state index in [1.165, 1.54) is 32.2 Å². The van der Waals surface area contributed by atoms with Gasteiger partial charge in [-0.2, -0.15) is 0 Å². The Kier molecular flexibility index (Phi) is 5.50. The highest BCUT2D eigenvalue weighted by Crippen LogP contribution is 2.31. The average Bonchev–Trinajstić information content (AvgIpc) is 3.36. The molecule has 2 heterocycles. The van der Waals surface area contributed by atoms with Crippen LogP contribution in [0.2, 0.25) is 0 Å². The normalized spacial score (nSPS) is 20.8. The summed E-state index contributed by atoms with van der Waals surface area (Å²) in [5, 5.41) is 15.2. The van der Waals surface area contributed by atoms with E-state index in [1.54, 1.807) is 7.11 Å². The van der Waals surface area contributed by atoms with Crippen LogP contribution in [0.4, 0.5) is 0 Å². The third-order valence-corrected chi connectivity index (χ3v) is 6.21. The van der Waals surface area contributed by atoms with Crippen molar-refractivity contribution in [1.29, 1.82) is 0 Å². The molecule has 1 aliphatic carbocycles. The molecule has 4 rings (SSSR count). The van der Waals surface area contributed by atoms with Crippen molar-refractivity contribution in [2.75, 3.05) is 26.7 Å². The lowest BCUT2D eigenvalue weighted by Crippen LogP contribution is -2.46. The molecule has 1 saturated heterocycles. The fourth-order valence-corrected chi connectivity index (χ4v) is 4.53. The second-order valence-electron chi connectivity index (χ2n) is 8.26. The Morgan fingerprint density at radius 3 is 2.74 bits per heavy atom. The van der Waals surface area contributed by atoms with E-state index in [0.29, 0.717) is 6.42 Å². The minimum absolute atomic E-state index is 0.529. The standard InChI is InChI=1S/C22H30N2O3/c1-26-19-8-4-7-18(13-19)21-14-20(27-23-21)15-22(25)9-11-24(12-10-22)16-17-5-2-3-6-17/h4,7-8,13-14,17,25H,2-3,5-6,9-12,15-16H2,1H3. The van der Waals surface area contributed by atoms with Gasteiger partial charge in [-0.15, -0.1) is 0 Å². The van der Waals surface area contributed by atoms with Crippen molar-refractivity contribution in [1.82, 2.24) is 10.1 Å². The van der Waals surface area contributed by atoms with Gasteiger partial charge in [-0.1, -0.05) is 30.1 Å². The Labute approximate surface area is 161 Å². The van der Waals surface area contributed by atoms with Crippen LogP contribution in [-0.4, -0.2) is 47.5 Å². The molecule has 0 amide bonds. The lowest BCUT2D eigenvalue weighted by Gasteiger charge is -2.38. The summed E-state index contributed by atoms with van der Waals surface area (Å²) in [6, 6.07) is 9.72. The number of aromatic nitrogens is 1. The van der Waals surface area contributed by atoms with Gasteiger partial charge in [-0.25, -0.2) is 0 Å². The summed E-state index contributed by atoms with van der Waals surface area (Å²) in [5.74, 6) is 2.42. The van der Waals surface area contributed by atoms with Gasteiger partial charge < -0.3 is 19.3 Å².